The first kappa shape index (κ1) is 10.6. The second-order valence-corrected chi connectivity index (χ2v) is 3.33. The van der Waals surface area contributed by atoms with E-state index in [1.807, 2.05) is 19.1 Å². The number of nitriles is 1. The fraction of sp³-hybridized carbons (Fsp3) is 0.364. The molecule has 0 radical (unpaired) electrons. The molecule has 2 N–H and O–H groups in total. The molecule has 0 unspecified atom stereocenters. The molecule has 14 heavy (non-hydrogen) atoms. The van der Waals surface area contributed by atoms with Gasteiger partial charge in [-0.3, -0.25) is 0 Å². The molecule has 0 fully saturated rings. The number of rotatable bonds is 3. The second-order valence-electron chi connectivity index (χ2n) is 3.33. The molecular weight excluding hydrogens is 176 g/mol. The van der Waals surface area contributed by atoms with Crippen molar-refractivity contribution >= 4 is 0 Å². The number of methoxy groups -OCH3 is 1. The van der Waals surface area contributed by atoms with E-state index in [1.54, 1.807) is 13.2 Å². The maximum Gasteiger partial charge on any atom is 0.136 e. The van der Waals surface area contributed by atoms with E-state index in [9.17, 15) is 0 Å². The maximum absolute atomic E-state index is 8.85. The molecule has 0 aromatic heterocycles. The Morgan fingerprint density at radius 2 is 2.29 bits per heavy atom. The second kappa shape index (κ2) is 4.64. The summed E-state index contributed by atoms with van der Waals surface area (Å²) in [5.74, 6) is 0.612. The van der Waals surface area contributed by atoms with Crippen molar-refractivity contribution in [3.63, 3.8) is 0 Å². The Labute approximate surface area is 84.1 Å². The molecule has 0 amide bonds. The van der Waals surface area contributed by atoms with E-state index in [0.717, 1.165) is 12.0 Å². The fourth-order valence-corrected chi connectivity index (χ4v) is 1.34. The summed E-state index contributed by atoms with van der Waals surface area (Å²) in [5, 5.41) is 8.85. The fourth-order valence-electron chi connectivity index (χ4n) is 1.34. The summed E-state index contributed by atoms with van der Waals surface area (Å²) in [6.07, 6.45) is 0.776. The van der Waals surface area contributed by atoms with E-state index in [1.165, 1.54) is 0 Å². The molecule has 0 spiro atoms. The molecule has 3 heteroatoms. The quantitative estimate of drug-likeness (QED) is 0.784. The highest BCUT2D eigenvalue weighted by molar-refractivity contribution is 5.45. The van der Waals surface area contributed by atoms with E-state index in [2.05, 4.69) is 6.07 Å². The van der Waals surface area contributed by atoms with Gasteiger partial charge in [0.15, 0.2) is 0 Å². The Morgan fingerprint density at radius 3 is 2.79 bits per heavy atom. The molecule has 0 heterocycles. The average Bonchev–Trinajstić information content (AvgIpc) is 2.16. The Bertz CT molecular complexity index is 353. The van der Waals surface area contributed by atoms with E-state index in [0.29, 0.717) is 11.3 Å². The highest BCUT2D eigenvalue weighted by Crippen LogP contribution is 2.19. The summed E-state index contributed by atoms with van der Waals surface area (Å²) < 4.78 is 5.04. The van der Waals surface area contributed by atoms with E-state index in [4.69, 9.17) is 15.7 Å². The Hall–Kier alpha value is -1.53. The van der Waals surface area contributed by atoms with Gasteiger partial charge in [-0.25, -0.2) is 0 Å². The summed E-state index contributed by atoms with van der Waals surface area (Å²) in [5.41, 5.74) is 7.30. The molecule has 3 nitrogen and oxygen atoms in total. The van der Waals surface area contributed by atoms with Crippen molar-refractivity contribution in [3.8, 4) is 11.8 Å². The van der Waals surface area contributed by atoms with Gasteiger partial charge in [0.25, 0.3) is 0 Å². The lowest BCUT2D eigenvalue weighted by molar-refractivity contribution is 0.413. The monoisotopic (exact) mass is 190 g/mol. The molecule has 0 aliphatic rings. The minimum Gasteiger partial charge on any atom is -0.495 e. The molecule has 0 aliphatic carbocycles. The summed E-state index contributed by atoms with van der Waals surface area (Å²) >= 11 is 0. The van der Waals surface area contributed by atoms with E-state index in [-0.39, 0.29) is 6.04 Å². The van der Waals surface area contributed by atoms with E-state index >= 15 is 0 Å². The first-order valence-electron chi connectivity index (χ1n) is 4.50. The highest BCUT2D eigenvalue weighted by atomic mass is 16.5. The number of nitrogens with two attached hydrogens (primary N) is 1. The molecule has 1 aromatic carbocycles. The topological polar surface area (TPSA) is 59.0 Å². The first-order chi connectivity index (χ1) is 6.67. The smallest absolute Gasteiger partial charge is 0.136 e. The molecule has 1 aromatic rings. The molecule has 1 atom stereocenters. The van der Waals surface area contributed by atoms with Crippen molar-refractivity contribution in [2.24, 2.45) is 5.73 Å². The zero-order valence-electron chi connectivity index (χ0n) is 8.45. The number of hydrogen-bond acceptors (Lipinski definition) is 3. The van der Waals surface area contributed by atoms with Gasteiger partial charge in [0.1, 0.15) is 11.8 Å². The van der Waals surface area contributed by atoms with Crippen LogP contribution >= 0.6 is 0 Å². The largest absolute Gasteiger partial charge is 0.495 e. The third kappa shape index (κ3) is 2.48. The summed E-state index contributed by atoms with van der Waals surface area (Å²) in [6, 6.07) is 7.76. The lowest BCUT2D eigenvalue weighted by atomic mass is 10.0. The minimum atomic E-state index is 0.106. The van der Waals surface area contributed by atoms with Gasteiger partial charge in [-0.05, 0) is 31.0 Å². The number of nitrogens with zero attached hydrogens (tertiary/aromatic N) is 1. The third-order valence-corrected chi connectivity index (χ3v) is 1.94. The standard InChI is InChI=1S/C11H14N2O/c1-8(13)5-9-3-4-11(14-2)10(6-9)7-12/h3-4,6,8H,5,13H2,1-2H3/t8-/m1/s1. The zero-order chi connectivity index (χ0) is 10.6. The third-order valence-electron chi connectivity index (χ3n) is 1.94. The van der Waals surface area contributed by atoms with Crippen molar-refractivity contribution in [1.82, 2.24) is 0 Å². The van der Waals surface area contributed by atoms with Crippen molar-refractivity contribution in [2.45, 2.75) is 19.4 Å². The van der Waals surface area contributed by atoms with Crippen LogP contribution in [0.1, 0.15) is 18.1 Å². The Balaban J connectivity index is 2.97. The minimum absolute atomic E-state index is 0.106. The van der Waals surface area contributed by atoms with Crippen molar-refractivity contribution in [2.75, 3.05) is 7.11 Å². The van der Waals surface area contributed by atoms with Crippen molar-refractivity contribution < 1.29 is 4.74 Å². The average molecular weight is 190 g/mol. The predicted molar refractivity (Wildman–Crippen MR) is 55.1 cm³/mol. The summed E-state index contributed by atoms with van der Waals surface area (Å²) in [7, 11) is 1.56. The molecule has 0 saturated carbocycles. The van der Waals surface area contributed by atoms with Gasteiger partial charge < -0.3 is 10.5 Å². The van der Waals surface area contributed by atoms with Gasteiger partial charge in [0.05, 0.1) is 12.7 Å². The Kier molecular flexibility index (Phi) is 3.49. The van der Waals surface area contributed by atoms with Crippen LogP contribution in [0.5, 0.6) is 5.75 Å². The van der Waals surface area contributed by atoms with Crippen LogP contribution in [0.15, 0.2) is 18.2 Å². The van der Waals surface area contributed by atoms with Gasteiger partial charge in [-0.2, -0.15) is 5.26 Å². The van der Waals surface area contributed by atoms with Crippen LogP contribution in [0.3, 0.4) is 0 Å². The van der Waals surface area contributed by atoms with Gasteiger partial charge in [0.2, 0.25) is 0 Å². The summed E-state index contributed by atoms with van der Waals surface area (Å²) in [6.45, 7) is 1.94. The number of ether oxygens (including phenoxy) is 1. The normalized spacial score (nSPS) is 11.9. The van der Waals surface area contributed by atoms with Gasteiger partial charge in [-0.1, -0.05) is 6.07 Å². The van der Waals surface area contributed by atoms with Gasteiger partial charge >= 0.3 is 0 Å². The first-order valence-corrected chi connectivity index (χ1v) is 4.50. The van der Waals surface area contributed by atoms with Crippen LogP contribution in [0.25, 0.3) is 0 Å². The van der Waals surface area contributed by atoms with Crippen LogP contribution in [0, 0.1) is 11.3 Å². The highest BCUT2D eigenvalue weighted by Gasteiger charge is 2.04. The number of hydrogen-bond donors (Lipinski definition) is 1. The molecule has 0 saturated heterocycles. The van der Waals surface area contributed by atoms with Crippen LogP contribution < -0.4 is 10.5 Å². The predicted octanol–water partition coefficient (Wildman–Crippen LogP) is 1.46. The van der Waals surface area contributed by atoms with Crippen LogP contribution in [0.2, 0.25) is 0 Å². The van der Waals surface area contributed by atoms with Crippen LogP contribution in [-0.4, -0.2) is 13.2 Å². The summed E-state index contributed by atoms with van der Waals surface area (Å²) in [4.78, 5) is 0. The molecule has 0 aliphatic heterocycles. The van der Waals surface area contributed by atoms with E-state index < -0.39 is 0 Å². The van der Waals surface area contributed by atoms with Crippen molar-refractivity contribution in [3.05, 3.63) is 29.3 Å². The molecular formula is C11H14N2O. The van der Waals surface area contributed by atoms with Crippen molar-refractivity contribution in [1.29, 1.82) is 5.26 Å². The molecule has 1 rings (SSSR count). The zero-order valence-corrected chi connectivity index (χ0v) is 8.45. The lowest BCUT2D eigenvalue weighted by Crippen LogP contribution is -2.17. The lowest BCUT2D eigenvalue weighted by Gasteiger charge is -2.07. The van der Waals surface area contributed by atoms with Gasteiger partial charge in [0, 0.05) is 6.04 Å². The molecule has 0 bridgehead atoms. The SMILES string of the molecule is COc1ccc(C[C@@H](C)N)cc1C#N. The van der Waals surface area contributed by atoms with Crippen LogP contribution in [0.4, 0.5) is 0 Å². The Morgan fingerprint density at radius 1 is 1.57 bits per heavy atom. The van der Waals surface area contributed by atoms with Crippen LogP contribution in [-0.2, 0) is 6.42 Å². The number of benzene rings is 1. The molecule has 74 valence electrons. The van der Waals surface area contributed by atoms with Gasteiger partial charge in [-0.15, -0.1) is 0 Å². The maximum atomic E-state index is 8.85.